The van der Waals surface area contributed by atoms with Crippen molar-refractivity contribution in [2.45, 2.75) is 57.4 Å². The maximum atomic E-state index is 14.0. The highest BCUT2D eigenvalue weighted by atomic mass is 35.5. The van der Waals surface area contributed by atoms with Gasteiger partial charge in [0.25, 0.3) is 5.91 Å². The lowest BCUT2D eigenvalue weighted by Crippen LogP contribution is -2.63. The van der Waals surface area contributed by atoms with Gasteiger partial charge in [-0.15, -0.1) is 0 Å². The number of aryl methyl sites for hydroxylation is 1. The quantitative estimate of drug-likeness (QED) is 0.648. The molecular formula is C22H32ClF2N3O2S. The summed E-state index contributed by atoms with van der Waals surface area (Å²) in [5.41, 5.74) is 0.817. The van der Waals surface area contributed by atoms with Crippen LogP contribution >= 0.6 is 11.6 Å². The molecule has 3 rings (SSSR count). The first-order valence-corrected chi connectivity index (χ1v) is 12.6. The van der Waals surface area contributed by atoms with E-state index in [0.29, 0.717) is 61.9 Å². The molecular weight excluding hydrogens is 444 g/mol. The van der Waals surface area contributed by atoms with Crippen LogP contribution in [0.15, 0.2) is 18.2 Å². The molecule has 2 aliphatic rings. The minimum atomic E-state index is -2.65. The summed E-state index contributed by atoms with van der Waals surface area (Å²) in [6, 6.07) is 5.11. The molecule has 1 aliphatic heterocycles. The van der Waals surface area contributed by atoms with Gasteiger partial charge in [0.2, 0.25) is 5.92 Å². The summed E-state index contributed by atoms with van der Waals surface area (Å²) in [6.45, 7) is 6.78. The fourth-order valence-electron chi connectivity index (χ4n) is 4.58. The van der Waals surface area contributed by atoms with E-state index in [2.05, 4.69) is 10.2 Å². The lowest BCUT2D eigenvalue weighted by Gasteiger charge is -2.50. The molecule has 1 amide bonds. The Balaban J connectivity index is 1.70. The Morgan fingerprint density at radius 2 is 1.81 bits per heavy atom. The van der Waals surface area contributed by atoms with Crippen molar-refractivity contribution in [1.82, 2.24) is 14.5 Å². The van der Waals surface area contributed by atoms with E-state index in [9.17, 15) is 17.8 Å². The summed E-state index contributed by atoms with van der Waals surface area (Å²) >= 11 is 5.99. The van der Waals surface area contributed by atoms with E-state index in [-0.39, 0.29) is 18.7 Å². The number of alkyl halides is 2. The summed E-state index contributed by atoms with van der Waals surface area (Å²) in [5, 5.41) is 3.57. The van der Waals surface area contributed by atoms with E-state index in [1.165, 1.54) is 0 Å². The van der Waals surface area contributed by atoms with Gasteiger partial charge in [0.05, 0.1) is 11.0 Å². The number of carbonyl (C=O) groups excluding carboxylic acids is 1. The van der Waals surface area contributed by atoms with Gasteiger partial charge in [0.1, 0.15) is 0 Å². The Morgan fingerprint density at radius 1 is 1.16 bits per heavy atom. The lowest BCUT2D eigenvalue weighted by atomic mass is 9.78. The zero-order valence-electron chi connectivity index (χ0n) is 18.3. The SMILES string of the molecule is CCCS(=O)N1CCN(C2(CNC(=O)c3ccc(Cl)cc3C)CCC(F)(F)CC2)CC1. The van der Waals surface area contributed by atoms with Crippen molar-refractivity contribution in [2.24, 2.45) is 0 Å². The van der Waals surface area contributed by atoms with Crippen LogP contribution < -0.4 is 5.32 Å². The Kier molecular flexibility index (Phi) is 8.10. The third-order valence-electron chi connectivity index (χ3n) is 6.50. The van der Waals surface area contributed by atoms with Gasteiger partial charge in [-0.1, -0.05) is 18.5 Å². The Labute approximate surface area is 191 Å². The van der Waals surface area contributed by atoms with Crippen LogP contribution in [-0.4, -0.2) is 69.3 Å². The highest BCUT2D eigenvalue weighted by molar-refractivity contribution is 7.82. The van der Waals surface area contributed by atoms with Crippen LogP contribution in [0, 0.1) is 6.92 Å². The van der Waals surface area contributed by atoms with Gasteiger partial charge in [0, 0.05) is 67.4 Å². The van der Waals surface area contributed by atoms with Crippen LogP contribution in [0.25, 0.3) is 0 Å². The van der Waals surface area contributed by atoms with Crippen LogP contribution in [0.1, 0.15) is 54.9 Å². The summed E-state index contributed by atoms with van der Waals surface area (Å²) in [7, 11) is -0.987. The van der Waals surface area contributed by atoms with E-state index in [0.717, 1.165) is 12.0 Å². The fraction of sp³-hybridized carbons (Fsp3) is 0.682. The molecule has 1 aromatic carbocycles. The Bertz CT molecular complexity index is 806. The first-order valence-electron chi connectivity index (χ1n) is 11.0. The molecule has 1 unspecified atom stereocenters. The maximum absolute atomic E-state index is 14.0. The van der Waals surface area contributed by atoms with Gasteiger partial charge in [0.15, 0.2) is 0 Å². The summed E-state index contributed by atoms with van der Waals surface area (Å²) in [4.78, 5) is 15.0. The minimum absolute atomic E-state index is 0.176. The van der Waals surface area contributed by atoms with E-state index in [1.54, 1.807) is 18.2 Å². The van der Waals surface area contributed by atoms with Crippen molar-refractivity contribution in [3.8, 4) is 0 Å². The van der Waals surface area contributed by atoms with E-state index < -0.39 is 22.4 Å². The number of piperazine rings is 1. The molecule has 9 heteroatoms. The van der Waals surface area contributed by atoms with Gasteiger partial charge >= 0.3 is 0 Å². The average Bonchev–Trinajstić information content (AvgIpc) is 2.73. The Morgan fingerprint density at radius 3 is 2.39 bits per heavy atom. The molecule has 1 N–H and O–H groups in total. The lowest BCUT2D eigenvalue weighted by molar-refractivity contribution is -0.0855. The molecule has 0 aromatic heterocycles. The van der Waals surface area contributed by atoms with E-state index in [1.807, 2.05) is 18.2 Å². The summed E-state index contributed by atoms with van der Waals surface area (Å²) in [5.74, 6) is -2.22. The second-order valence-corrected chi connectivity index (χ2v) is 10.7. The number of nitrogens with one attached hydrogen (secondary N) is 1. The van der Waals surface area contributed by atoms with Crippen molar-refractivity contribution in [3.05, 3.63) is 34.3 Å². The van der Waals surface area contributed by atoms with Gasteiger partial charge in [-0.3, -0.25) is 9.69 Å². The molecule has 1 saturated carbocycles. The number of carbonyl (C=O) groups is 1. The van der Waals surface area contributed by atoms with Crippen molar-refractivity contribution >= 4 is 28.5 Å². The van der Waals surface area contributed by atoms with Crippen LogP contribution in [0.4, 0.5) is 8.78 Å². The molecule has 1 atom stereocenters. The predicted octanol–water partition coefficient (Wildman–Crippen LogP) is 4.02. The van der Waals surface area contributed by atoms with Gasteiger partial charge in [-0.25, -0.2) is 17.3 Å². The molecule has 5 nitrogen and oxygen atoms in total. The third kappa shape index (κ3) is 6.03. The monoisotopic (exact) mass is 475 g/mol. The molecule has 1 heterocycles. The number of hydrogen-bond donors (Lipinski definition) is 1. The fourth-order valence-corrected chi connectivity index (χ4v) is 5.98. The van der Waals surface area contributed by atoms with E-state index >= 15 is 0 Å². The van der Waals surface area contributed by atoms with Crippen molar-refractivity contribution in [3.63, 3.8) is 0 Å². The number of rotatable bonds is 7. The third-order valence-corrected chi connectivity index (χ3v) is 8.43. The summed E-state index contributed by atoms with van der Waals surface area (Å²) in [6.07, 6.45) is 1.17. The van der Waals surface area contributed by atoms with Crippen LogP contribution in [0.3, 0.4) is 0 Å². The number of halogens is 3. The number of hydrogen-bond acceptors (Lipinski definition) is 3. The highest BCUT2D eigenvalue weighted by Gasteiger charge is 2.47. The van der Waals surface area contributed by atoms with Crippen molar-refractivity contribution in [2.75, 3.05) is 38.5 Å². The molecule has 1 aliphatic carbocycles. The second-order valence-electron chi connectivity index (χ2n) is 8.66. The van der Waals surface area contributed by atoms with Crippen molar-refractivity contribution < 1.29 is 17.8 Å². The molecule has 2 fully saturated rings. The van der Waals surface area contributed by atoms with Gasteiger partial charge in [-0.05, 0) is 49.9 Å². The Hall–Kier alpha value is -1.09. The molecule has 0 bridgehead atoms. The van der Waals surface area contributed by atoms with E-state index in [4.69, 9.17) is 11.6 Å². The number of nitrogens with zero attached hydrogens (tertiary/aromatic N) is 2. The highest BCUT2D eigenvalue weighted by Crippen LogP contribution is 2.41. The molecule has 31 heavy (non-hydrogen) atoms. The number of amides is 1. The molecule has 174 valence electrons. The molecule has 0 radical (unpaired) electrons. The van der Waals surface area contributed by atoms with Crippen LogP contribution in [0.5, 0.6) is 0 Å². The predicted molar refractivity (Wildman–Crippen MR) is 121 cm³/mol. The maximum Gasteiger partial charge on any atom is 0.251 e. The zero-order chi connectivity index (χ0) is 22.6. The average molecular weight is 476 g/mol. The molecule has 0 spiro atoms. The minimum Gasteiger partial charge on any atom is -0.350 e. The standard InChI is InChI=1S/C22H32ClF2N3O2S/c1-3-14-31(30)28-12-10-27(11-13-28)21(6-8-22(24,25)9-7-21)16-26-20(29)19-5-4-18(23)15-17(19)2/h4-5,15H,3,6-14,16H2,1-2H3,(H,26,29). The molecule has 1 aromatic rings. The smallest absolute Gasteiger partial charge is 0.251 e. The first-order chi connectivity index (χ1) is 14.7. The summed E-state index contributed by atoms with van der Waals surface area (Å²) < 4.78 is 42.2. The van der Waals surface area contributed by atoms with Gasteiger partial charge < -0.3 is 5.32 Å². The molecule has 1 saturated heterocycles. The number of benzene rings is 1. The normalized spacial score (nSPS) is 22.7. The zero-order valence-corrected chi connectivity index (χ0v) is 19.8. The second kappa shape index (κ2) is 10.2. The first kappa shape index (κ1) is 24.6. The topological polar surface area (TPSA) is 52.7 Å². The van der Waals surface area contributed by atoms with Crippen molar-refractivity contribution in [1.29, 1.82) is 0 Å². The van der Waals surface area contributed by atoms with Crippen LogP contribution in [-0.2, 0) is 11.0 Å². The van der Waals surface area contributed by atoms with Crippen LogP contribution in [0.2, 0.25) is 5.02 Å². The largest absolute Gasteiger partial charge is 0.350 e. The van der Waals surface area contributed by atoms with Gasteiger partial charge in [-0.2, -0.15) is 0 Å².